The standard InChI is InChI=1S/C16H16N2O6/c1-3-13-11(16(20)21)8-14(24-13)15(19)17(2)9-10-6-4-5-7-12(10)18(22)23/h4-8H,3,9H2,1-2H3,(H,20,21). The van der Waals surface area contributed by atoms with Gasteiger partial charge in [-0.25, -0.2) is 4.79 Å². The van der Waals surface area contributed by atoms with Gasteiger partial charge in [0.05, 0.1) is 11.5 Å². The molecule has 1 amide bonds. The van der Waals surface area contributed by atoms with Crippen molar-refractivity contribution in [3.8, 4) is 0 Å². The number of para-hydroxylation sites is 1. The van der Waals surface area contributed by atoms with E-state index in [1.165, 1.54) is 24.1 Å². The number of nitrogens with zero attached hydrogens (tertiary/aromatic N) is 2. The molecule has 0 unspecified atom stereocenters. The van der Waals surface area contributed by atoms with Gasteiger partial charge < -0.3 is 14.4 Å². The van der Waals surface area contributed by atoms with Gasteiger partial charge in [-0.1, -0.05) is 25.1 Å². The molecule has 0 fully saturated rings. The van der Waals surface area contributed by atoms with Gasteiger partial charge in [0, 0.05) is 31.2 Å². The highest BCUT2D eigenvalue weighted by Gasteiger charge is 2.24. The van der Waals surface area contributed by atoms with Crippen LogP contribution in [0, 0.1) is 10.1 Å². The van der Waals surface area contributed by atoms with Crippen molar-refractivity contribution in [2.24, 2.45) is 0 Å². The van der Waals surface area contributed by atoms with Gasteiger partial charge in [-0.05, 0) is 0 Å². The van der Waals surface area contributed by atoms with Gasteiger partial charge in [0.1, 0.15) is 11.3 Å². The van der Waals surface area contributed by atoms with E-state index < -0.39 is 16.8 Å². The molecule has 2 rings (SSSR count). The monoisotopic (exact) mass is 332 g/mol. The molecule has 1 heterocycles. The van der Waals surface area contributed by atoms with Gasteiger partial charge in [0.15, 0.2) is 5.76 Å². The van der Waals surface area contributed by atoms with Gasteiger partial charge in [0.2, 0.25) is 0 Å². The maximum absolute atomic E-state index is 12.4. The van der Waals surface area contributed by atoms with Crippen molar-refractivity contribution < 1.29 is 24.0 Å². The number of carbonyl (C=O) groups is 2. The summed E-state index contributed by atoms with van der Waals surface area (Å²) in [5.41, 5.74) is 0.232. The van der Waals surface area contributed by atoms with Gasteiger partial charge in [-0.2, -0.15) is 0 Å². The molecule has 0 saturated carbocycles. The lowest BCUT2D eigenvalue weighted by Crippen LogP contribution is -2.26. The third kappa shape index (κ3) is 3.43. The second-order valence-corrected chi connectivity index (χ2v) is 5.15. The van der Waals surface area contributed by atoms with Gasteiger partial charge in [-0.3, -0.25) is 14.9 Å². The van der Waals surface area contributed by atoms with Crippen LogP contribution < -0.4 is 0 Å². The van der Waals surface area contributed by atoms with Gasteiger partial charge in [0.25, 0.3) is 11.6 Å². The number of rotatable bonds is 6. The minimum Gasteiger partial charge on any atom is -0.478 e. The molecule has 0 aliphatic rings. The van der Waals surface area contributed by atoms with Crippen LogP contribution in [0.1, 0.15) is 39.2 Å². The van der Waals surface area contributed by atoms with E-state index in [2.05, 4.69) is 0 Å². The number of hydrogen-bond donors (Lipinski definition) is 1. The Morgan fingerprint density at radius 3 is 2.54 bits per heavy atom. The molecule has 0 atom stereocenters. The Hall–Kier alpha value is -3.16. The molecule has 1 N–H and O–H groups in total. The summed E-state index contributed by atoms with van der Waals surface area (Å²) in [6.45, 7) is 1.72. The van der Waals surface area contributed by atoms with E-state index in [-0.39, 0.29) is 29.3 Å². The Labute approximate surface area is 137 Å². The number of nitro groups is 1. The smallest absolute Gasteiger partial charge is 0.339 e. The predicted molar refractivity (Wildman–Crippen MR) is 83.9 cm³/mol. The first-order valence-corrected chi connectivity index (χ1v) is 7.18. The minimum atomic E-state index is -1.17. The zero-order valence-electron chi connectivity index (χ0n) is 13.2. The highest BCUT2D eigenvalue weighted by Crippen LogP contribution is 2.22. The molecule has 0 aliphatic carbocycles. The Morgan fingerprint density at radius 1 is 1.33 bits per heavy atom. The molecule has 8 heteroatoms. The zero-order valence-corrected chi connectivity index (χ0v) is 13.2. The lowest BCUT2D eigenvalue weighted by Gasteiger charge is -2.15. The topological polar surface area (TPSA) is 114 Å². The summed E-state index contributed by atoms with van der Waals surface area (Å²) in [6.07, 6.45) is 0.336. The van der Waals surface area contributed by atoms with E-state index in [0.717, 1.165) is 0 Å². The molecule has 24 heavy (non-hydrogen) atoms. The summed E-state index contributed by atoms with van der Waals surface area (Å²) in [6, 6.07) is 7.29. The third-order valence-corrected chi connectivity index (χ3v) is 3.51. The number of carboxylic acids is 1. The first kappa shape index (κ1) is 17.2. The quantitative estimate of drug-likeness (QED) is 0.642. The molecule has 0 saturated heterocycles. The number of hydrogen-bond acceptors (Lipinski definition) is 5. The highest BCUT2D eigenvalue weighted by molar-refractivity contribution is 5.96. The van der Waals surface area contributed by atoms with Crippen LogP contribution in [0.3, 0.4) is 0 Å². The second kappa shape index (κ2) is 6.95. The summed E-state index contributed by atoms with van der Waals surface area (Å²) < 4.78 is 5.32. The molecule has 0 radical (unpaired) electrons. The van der Waals surface area contributed by atoms with Crippen LogP contribution in [0.15, 0.2) is 34.7 Å². The number of aromatic carboxylic acids is 1. The van der Waals surface area contributed by atoms with Crippen LogP contribution in [-0.4, -0.2) is 33.9 Å². The van der Waals surface area contributed by atoms with Crippen molar-refractivity contribution in [2.75, 3.05) is 7.05 Å². The Balaban J connectivity index is 2.25. The van der Waals surface area contributed by atoms with Crippen molar-refractivity contribution in [1.82, 2.24) is 4.90 Å². The molecule has 2 aromatic rings. The zero-order chi connectivity index (χ0) is 17.9. The second-order valence-electron chi connectivity index (χ2n) is 5.15. The van der Waals surface area contributed by atoms with Crippen molar-refractivity contribution in [3.63, 3.8) is 0 Å². The average Bonchev–Trinajstić information content (AvgIpc) is 2.99. The molecule has 0 aliphatic heterocycles. The Morgan fingerprint density at radius 2 is 2.00 bits per heavy atom. The normalized spacial score (nSPS) is 10.4. The Bertz CT molecular complexity index is 796. The first-order chi connectivity index (χ1) is 11.3. The fourth-order valence-electron chi connectivity index (χ4n) is 2.32. The average molecular weight is 332 g/mol. The fourth-order valence-corrected chi connectivity index (χ4v) is 2.32. The third-order valence-electron chi connectivity index (χ3n) is 3.51. The summed E-state index contributed by atoms with van der Waals surface area (Å²) in [4.78, 5) is 35.3. The number of carbonyl (C=O) groups excluding carboxylic acids is 1. The van der Waals surface area contributed by atoms with Crippen LogP contribution >= 0.6 is 0 Å². The lowest BCUT2D eigenvalue weighted by molar-refractivity contribution is -0.385. The summed E-state index contributed by atoms with van der Waals surface area (Å²) >= 11 is 0. The number of carboxylic acid groups (broad SMARTS) is 1. The molecule has 0 spiro atoms. The van der Waals surface area contributed by atoms with Crippen molar-refractivity contribution >= 4 is 17.6 Å². The summed E-state index contributed by atoms with van der Waals surface area (Å²) in [5.74, 6) is -1.61. The molecule has 0 bridgehead atoms. The van der Waals surface area contributed by atoms with E-state index in [0.29, 0.717) is 12.0 Å². The summed E-state index contributed by atoms with van der Waals surface area (Å²) in [7, 11) is 1.47. The summed E-state index contributed by atoms with van der Waals surface area (Å²) in [5, 5.41) is 20.1. The van der Waals surface area contributed by atoms with E-state index in [1.54, 1.807) is 25.1 Å². The lowest BCUT2D eigenvalue weighted by atomic mass is 10.1. The van der Waals surface area contributed by atoms with Gasteiger partial charge in [-0.15, -0.1) is 0 Å². The van der Waals surface area contributed by atoms with Gasteiger partial charge >= 0.3 is 5.97 Å². The van der Waals surface area contributed by atoms with Crippen LogP contribution in [-0.2, 0) is 13.0 Å². The fraction of sp³-hybridized carbons (Fsp3) is 0.250. The van der Waals surface area contributed by atoms with Crippen LogP contribution in [0.25, 0.3) is 0 Å². The number of aryl methyl sites for hydroxylation is 1. The number of amides is 1. The largest absolute Gasteiger partial charge is 0.478 e. The SMILES string of the molecule is CCc1oc(C(=O)N(C)Cc2ccccc2[N+](=O)[O-])cc1C(=O)O. The van der Waals surface area contributed by atoms with E-state index in [1.807, 2.05) is 0 Å². The maximum atomic E-state index is 12.4. The van der Waals surface area contributed by atoms with Crippen LogP contribution in [0.2, 0.25) is 0 Å². The van der Waals surface area contributed by atoms with Crippen molar-refractivity contribution in [1.29, 1.82) is 0 Å². The van der Waals surface area contributed by atoms with Crippen molar-refractivity contribution in [2.45, 2.75) is 19.9 Å². The first-order valence-electron chi connectivity index (χ1n) is 7.18. The molecular weight excluding hydrogens is 316 g/mol. The predicted octanol–water partition coefficient (Wildman–Crippen LogP) is 2.72. The maximum Gasteiger partial charge on any atom is 0.339 e. The van der Waals surface area contributed by atoms with E-state index in [4.69, 9.17) is 9.52 Å². The van der Waals surface area contributed by atoms with Crippen molar-refractivity contribution in [3.05, 3.63) is 63.1 Å². The number of furan rings is 1. The molecule has 1 aromatic heterocycles. The number of benzene rings is 1. The molecule has 1 aromatic carbocycles. The van der Waals surface area contributed by atoms with E-state index in [9.17, 15) is 19.7 Å². The minimum absolute atomic E-state index is 0.000545. The molecular formula is C16H16N2O6. The number of nitro benzene ring substituents is 1. The molecule has 126 valence electrons. The van der Waals surface area contributed by atoms with E-state index >= 15 is 0 Å². The van der Waals surface area contributed by atoms with Crippen LogP contribution in [0.5, 0.6) is 0 Å². The Kier molecular flexibility index (Phi) is 4.98. The van der Waals surface area contributed by atoms with Crippen LogP contribution in [0.4, 0.5) is 5.69 Å². The molecule has 8 nitrogen and oxygen atoms in total. The highest BCUT2D eigenvalue weighted by atomic mass is 16.6.